The fourth-order valence-corrected chi connectivity index (χ4v) is 4.61. The molecule has 1 amide bonds. The maximum Gasteiger partial charge on any atom is 0.287 e. The quantitative estimate of drug-likeness (QED) is 0.775. The van der Waals surface area contributed by atoms with Gasteiger partial charge in [0.05, 0.1) is 25.2 Å². The van der Waals surface area contributed by atoms with Gasteiger partial charge in [-0.2, -0.15) is 0 Å². The molecule has 4 heterocycles. The zero-order chi connectivity index (χ0) is 18.3. The van der Waals surface area contributed by atoms with Gasteiger partial charge in [-0.3, -0.25) is 9.69 Å². The molecule has 7 nitrogen and oxygen atoms in total. The maximum absolute atomic E-state index is 12.7. The van der Waals surface area contributed by atoms with Gasteiger partial charge in [-0.1, -0.05) is 30.3 Å². The Morgan fingerprint density at radius 3 is 2.74 bits per heavy atom. The lowest BCUT2D eigenvalue weighted by Crippen LogP contribution is -2.53. The number of ether oxygens (including phenoxy) is 2. The highest BCUT2D eigenvalue weighted by atomic mass is 16.5. The minimum atomic E-state index is -0.210. The Kier molecular flexibility index (Phi) is 4.28. The largest absolute Gasteiger partial charge is 0.463 e. The number of piperidine rings is 1. The maximum atomic E-state index is 12.7. The number of fused-ring (bicyclic) bond motifs is 1. The van der Waals surface area contributed by atoms with Gasteiger partial charge in [-0.25, -0.2) is 4.99 Å². The molecule has 3 saturated heterocycles. The van der Waals surface area contributed by atoms with Crippen molar-refractivity contribution in [1.82, 2.24) is 14.7 Å². The Labute approximate surface area is 159 Å². The molecule has 0 N–H and O–H groups in total. The van der Waals surface area contributed by atoms with E-state index >= 15 is 0 Å². The van der Waals surface area contributed by atoms with Crippen LogP contribution in [0.5, 0.6) is 0 Å². The number of amidine groups is 1. The number of carbonyl (C=O) groups is 1. The van der Waals surface area contributed by atoms with E-state index in [1.54, 1.807) is 0 Å². The molecule has 27 heavy (non-hydrogen) atoms. The highest BCUT2D eigenvalue weighted by Crippen LogP contribution is 2.37. The van der Waals surface area contributed by atoms with Crippen LogP contribution in [0.2, 0.25) is 0 Å². The molecule has 144 valence electrons. The average molecular weight is 370 g/mol. The molecule has 3 fully saturated rings. The summed E-state index contributed by atoms with van der Waals surface area (Å²) >= 11 is 0. The van der Waals surface area contributed by atoms with Gasteiger partial charge in [0.2, 0.25) is 5.91 Å². The highest BCUT2D eigenvalue weighted by molar-refractivity contribution is 5.79. The van der Waals surface area contributed by atoms with Crippen LogP contribution in [0.25, 0.3) is 0 Å². The number of aliphatic imine (C=N–C) groups is 1. The van der Waals surface area contributed by atoms with E-state index in [1.807, 2.05) is 23.1 Å². The molecule has 4 aliphatic heterocycles. The summed E-state index contributed by atoms with van der Waals surface area (Å²) in [6.07, 6.45) is 1.70. The Balaban J connectivity index is 1.22. The van der Waals surface area contributed by atoms with Gasteiger partial charge in [0.15, 0.2) is 0 Å². The summed E-state index contributed by atoms with van der Waals surface area (Å²) in [5.74, 6) is 0.185. The van der Waals surface area contributed by atoms with Crippen LogP contribution >= 0.6 is 0 Å². The molecule has 0 saturated carbocycles. The van der Waals surface area contributed by atoms with Crippen molar-refractivity contribution in [2.24, 2.45) is 4.99 Å². The third-order valence-electron chi connectivity index (χ3n) is 6.05. The number of nitrogens with zero attached hydrogens (tertiary/aromatic N) is 4. The van der Waals surface area contributed by atoms with Crippen molar-refractivity contribution in [2.75, 3.05) is 45.9 Å². The van der Waals surface area contributed by atoms with E-state index in [2.05, 4.69) is 26.9 Å². The number of carbonyl (C=O) groups excluding carboxylic acids is 1. The van der Waals surface area contributed by atoms with Gasteiger partial charge in [0.25, 0.3) is 6.02 Å². The second-order valence-corrected chi connectivity index (χ2v) is 7.93. The summed E-state index contributed by atoms with van der Waals surface area (Å²) in [5.41, 5.74) is 1.02. The van der Waals surface area contributed by atoms with E-state index < -0.39 is 0 Å². The van der Waals surface area contributed by atoms with Crippen LogP contribution < -0.4 is 0 Å². The van der Waals surface area contributed by atoms with Crippen LogP contribution in [0.3, 0.4) is 0 Å². The number of likely N-dealkylation sites (tertiary alicyclic amines) is 1. The standard InChI is InChI=1S/C20H26N4O3/c25-17-13-22(12-16-4-2-1-3-5-16)14-18-24(17)15-20(27-18)6-9-23(10-7-20)19-21-8-11-26-19/h1-5,18H,6-15H2. The Morgan fingerprint density at radius 2 is 2.00 bits per heavy atom. The SMILES string of the molecule is O=C1CN(Cc2ccccc2)CC2OC3(CCN(C4=NCCO4)CC3)CN12. The van der Waals surface area contributed by atoms with E-state index in [0.29, 0.717) is 13.2 Å². The average Bonchev–Trinajstić information content (AvgIpc) is 3.32. The van der Waals surface area contributed by atoms with E-state index in [-0.39, 0.29) is 17.7 Å². The van der Waals surface area contributed by atoms with E-state index in [4.69, 9.17) is 9.47 Å². The lowest BCUT2D eigenvalue weighted by Gasteiger charge is -2.38. The number of piperazine rings is 1. The number of rotatable bonds is 2. The van der Waals surface area contributed by atoms with Gasteiger partial charge in [0, 0.05) is 26.2 Å². The molecule has 5 rings (SSSR count). The number of benzene rings is 1. The zero-order valence-electron chi connectivity index (χ0n) is 15.5. The van der Waals surface area contributed by atoms with Crippen molar-refractivity contribution in [3.63, 3.8) is 0 Å². The zero-order valence-corrected chi connectivity index (χ0v) is 15.5. The molecule has 1 spiro atoms. The smallest absolute Gasteiger partial charge is 0.287 e. The molecular weight excluding hydrogens is 344 g/mol. The van der Waals surface area contributed by atoms with Crippen LogP contribution in [0.4, 0.5) is 0 Å². The molecule has 0 aromatic heterocycles. The van der Waals surface area contributed by atoms with Crippen molar-refractivity contribution < 1.29 is 14.3 Å². The monoisotopic (exact) mass is 370 g/mol. The molecule has 0 aliphatic carbocycles. The first-order valence-corrected chi connectivity index (χ1v) is 9.87. The van der Waals surface area contributed by atoms with E-state index in [0.717, 1.165) is 58.1 Å². The molecule has 1 aromatic rings. The summed E-state index contributed by atoms with van der Waals surface area (Å²) in [6, 6.07) is 11.1. The summed E-state index contributed by atoms with van der Waals surface area (Å²) in [6.45, 7) is 5.96. The van der Waals surface area contributed by atoms with E-state index in [9.17, 15) is 4.79 Å². The van der Waals surface area contributed by atoms with Crippen molar-refractivity contribution in [2.45, 2.75) is 31.2 Å². The topological polar surface area (TPSA) is 57.6 Å². The molecule has 1 unspecified atom stereocenters. The van der Waals surface area contributed by atoms with Gasteiger partial charge in [-0.05, 0) is 18.4 Å². The van der Waals surface area contributed by atoms with Gasteiger partial charge >= 0.3 is 0 Å². The van der Waals surface area contributed by atoms with Crippen molar-refractivity contribution in [1.29, 1.82) is 0 Å². The minimum Gasteiger partial charge on any atom is -0.463 e. The van der Waals surface area contributed by atoms with Gasteiger partial charge < -0.3 is 19.3 Å². The number of amides is 1. The summed E-state index contributed by atoms with van der Waals surface area (Å²) in [5, 5.41) is 0. The molecule has 0 radical (unpaired) electrons. The van der Waals surface area contributed by atoms with Gasteiger partial charge in [0.1, 0.15) is 12.8 Å². The molecule has 7 heteroatoms. The van der Waals surface area contributed by atoms with Crippen LogP contribution in [0.1, 0.15) is 18.4 Å². The highest BCUT2D eigenvalue weighted by Gasteiger charge is 2.50. The Hall–Kier alpha value is -2.12. The van der Waals surface area contributed by atoms with Crippen molar-refractivity contribution >= 4 is 11.9 Å². The Morgan fingerprint density at radius 1 is 1.19 bits per heavy atom. The van der Waals surface area contributed by atoms with Crippen LogP contribution in [0, 0.1) is 0 Å². The molecule has 1 atom stereocenters. The summed E-state index contributed by atoms with van der Waals surface area (Å²) in [4.78, 5) is 23.5. The third-order valence-corrected chi connectivity index (χ3v) is 6.05. The number of hydrogen-bond donors (Lipinski definition) is 0. The predicted molar refractivity (Wildman–Crippen MR) is 100 cm³/mol. The summed E-state index contributed by atoms with van der Waals surface area (Å²) in [7, 11) is 0. The first-order chi connectivity index (χ1) is 13.2. The molecule has 0 bridgehead atoms. The second-order valence-electron chi connectivity index (χ2n) is 7.93. The lowest BCUT2D eigenvalue weighted by molar-refractivity contribution is -0.149. The van der Waals surface area contributed by atoms with Crippen LogP contribution in [0.15, 0.2) is 35.3 Å². The minimum absolute atomic E-state index is 0.124. The van der Waals surface area contributed by atoms with Crippen LogP contribution in [-0.4, -0.2) is 84.3 Å². The normalized spacial score (nSPS) is 27.6. The third kappa shape index (κ3) is 3.30. The predicted octanol–water partition coefficient (Wildman–Crippen LogP) is 0.908. The fraction of sp³-hybridized carbons (Fsp3) is 0.600. The molecular formula is C20H26N4O3. The number of hydrogen-bond acceptors (Lipinski definition) is 6. The van der Waals surface area contributed by atoms with Crippen molar-refractivity contribution in [3.8, 4) is 0 Å². The summed E-state index contributed by atoms with van der Waals surface area (Å²) < 4.78 is 12.1. The fourth-order valence-electron chi connectivity index (χ4n) is 4.61. The van der Waals surface area contributed by atoms with Crippen LogP contribution in [-0.2, 0) is 20.8 Å². The van der Waals surface area contributed by atoms with Gasteiger partial charge in [-0.15, -0.1) is 0 Å². The first kappa shape index (κ1) is 17.0. The Bertz CT molecular complexity index is 730. The van der Waals surface area contributed by atoms with E-state index in [1.165, 1.54) is 5.56 Å². The van der Waals surface area contributed by atoms with Crippen molar-refractivity contribution in [3.05, 3.63) is 35.9 Å². The lowest BCUT2D eigenvalue weighted by atomic mass is 9.91. The second kappa shape index (κ2) is 6.80. The molecule has 1 aromatic carbocycles. The first-order valence-electron chi connectivity index (χ1n) is 9.87. The molecule has 4 aliphatic rings.